The number of benzene rings is 1. The first-order chi connectivity index (χ1) is 8.84. The monoisotopic (exact) mass is 242 g/mol. The zero-order chi connectivity index (χ0) is 12.4. The zero-order valence-corrected chi connectivity index (χ0v) is 11.0. The molecule has 0 N–H and O–H groups in total. The minimum Gasteiger partial charge on any atom is -0.299 e. The number of hydrogen-bond donors (Lipinski definition) is 0. The Morgan fingerprint density at radius 1 is 1.06 bits per heavy atom. The largest absolute Gasteiger partial charge is 0.299 e. The van der Waals surface area contributed by atoms with E-state index in [1.54, 1.807) is 0 Å². The summed E-state index contributed by atoms with van der Waals surface area (Å²) in [6, 6.07) is 8.55. The average molecular weight is 242 g/mol. The first-order valence-corrected chi connectivity index (χ1v) is 7.45. The highest BCUT2D eigenvalue weighted by atomic mass is 16.1. The lowest BCUT2D eigenvalue weighted by Gasteiger charge is -2.25. The van der Waals surface area contributed by atoms with Crippen LogP contribution in [0.25, 0.3) is 0 Å². The van der Waals surface area contributed by atoms with E-state index in [0.717, 1.165) is 19.3 Å². The first kappa shape index (κ1) is 12.0. The lowest BCUT2D eigenvalue weighted by molar-refractivity contribution is -0.121. The molecule has 0 radical (unpaired) electrons. The van der Waals surface area contributed by atoms with Gasteiger partial charge in [-0.25, -0.2) is 0 Å². The van der Waals surface area contributed by atoms with Gasteiger partial charge in [-0.15, -0.1) is 0 Å². The van der Waals surface area contributed by atoms with Crippen molar-refractivity contribution >= 4 is 5.78 Å². The smallest absolute Gasteiger partial charge is 0.140 e. The summed E-state index contributed by atoms with van der Waals surface area (Å²) in [7, 11) is 0. The van der Waals surface area contributed by atoms with Crippen molar-refractivity contribution in [1.82, 2.24) is 0 Å². The molecular formula is C17H22O. The summed E-state index contributed by atoms with van der Waals surface area (Å²) in [6.07, 6.45) is 9.46. The SMILES string of the molecule is O=C(CC1CCCC1)C1CCCc2ccccc21. The minimum absolute atomic E-state index is 0.204. The van der Waals surface area contributed by atoms with E-state index >= 15 is 0 Å². The summed E-state index contributed by atoms with van der Waals surface area (Å²) < 4.78 is 0. The number of aryl methyl sites for hydroxylation is 1. The predicted octanol–water partition coefficient (Wildman–Crippen LogP) is 4.26. The molecule has 1 heteroatoms. The van der Waals surface area contributed by atoms with Gasteiger partial charge in [0.2, 0.25) is 0 Å². The number of ketones is 1. The van der Waals surface area contributed by atoms with E-state index in [1.807, 2.05) is 0 Å². The maximum Gasteiger partial charge on any atom is 0.140 e. The van der Waals surface area contributed by atoms with Crippen molar-refractivity contribution in [3.05, 3.63) is 35.4 Å². The standard InChI is InChI=1S/C17H22O/c18-17(12-13-6-1-2-7-13)16-11-5-9-14-8-3-4-10-15(14)16/h3-4,8,10,13,16H,1-2,5-7,9,11-12H2. The van der Waals surface area contributed by atoms with Crippen molar-refractivity contribution in [2.45, 2.75) is 57.3 Å². The highest BCUT2D eigenvalue weighted by molar-refractivity contribution is 5.86. The van der Waals surface area contributed by atoms with Crippen molar-refractivity contribution in [3.8, 4) is 0 Å². The van der Waals surface area contributed by atoms with Crippen molar-refractivity contribution in [3.63, 3.8) is 0 Å². The van der Waals surface area contributed by atoms with E-state index in [0.29, 0.717) is 11.7 Å². The lowest BCUT2D eigenvalue weighted by Crippen LogP contribution is -2.20. The van der Waals surface area contributed by atoms with Crippen LogP contribution in [0.5, 0.6) is 0 Å². The van der Waals surface area contributed by atoms with Gasteiger partial charge >= 0.3 is 0 Å². The van der Waals surface area contributed by atoms with E-state index in [1.165, 1.54) is 43.2 Å². The molecule has 3 rings (SSSR count). The van der Waals surface area contributed by atoms with E-state index in [2.05, 4.69) is 24.3 Å². The molecule has 1 nitrogen and oxygen atoms in total. The topological polar surface area (TPSA) is 17.1 Å². The Morgan fingerprint density at radius 3 is 2.67 bits per heavy atom. The second-order valence-electron chi connectivity index (χ2n) is 5.96. The second-order valence-corrected chi connectivity index (χ2v) is 5.96. The molecule has 0 spiro atoms. The molecule has 0 saturated heterocycles. The minimum atomic E-state index is 0.204. The quantitative estimate of drug-likeness (QED) is 0.774. The van der Waals surface area contributed by atoms with Gasteiger partial charge in [0, 0.05) is 12.3 Å². The zero-order valence-electron chi connectivity index (χ0n) is 11.0. The number of carbonyl (C=O) groups is 1. The van der Waals surface area contributed by atoms with Gasteiger partial charge in [-0.1, -0.05) is 49.9 Å². The van der Waals surface area contributed by atoms with Gasteiger partial charge in [0.15, 0.2) is 0 Å². The summed E-state index contributed by atoms with van der Waals surface area (Å²) in [5.74, 6) is 1.40. The summed E-state index contributed by atoms with van der Waals surface area (Å²) in [5, 5.41) is 0. The molecule has 1 unspecified atom stereocenters. The fourth-order valence-electron chi connectivity index (χ4n) is 3.73. The second kappa shape index (κ2) is 5.26. The fraction of sp³-hybridized carbons (Fsp3) is 0.588. The molecule has 1 aromatic rings. The van der Waals surface area contributed by atoms with Crippen LogP contribution >= 0.6 is 0 Å². The van der Waals surface area contributed by atoms with Crippen molar-refractivity contribution < 1.29 is 4.79 Å². The normalized spacial score (nSPS) is 23.9. The molecule has 2 aliphatic rings. The number of carbonyl (C=O) groups excluding carboxylic acids is 1. The number of hydrogen-bond acceptors (Lipinski definition) is 1. The molecule has 1 atom stereocenters. The molecule has 1 saturated carbocycles. The molecule has 18 heavy (non-hydrogen) atoms. The molecular weight excluding hydrogens is 220 g/mol. The highest BCUT2D eigenvalue weighted by Gasteiger charge is 2.28. The van der Waals surface area contributed by atoms with Crippen LogP contribution in [0.1, 0.15) is 62.0 Å². The Labute approximate surface area is 110 Å². The van der Waals surface area contributed by atoms with Crippen molar-refractivity contribution in [2.75, 3.05) is 0 Å². The molecule has 0 heterocycles. The number of rotatable bonds is 3. The maximum atomic E-state index is 12.5. The Bertz CT molecular complexity index is 429. The van der Waals surface area contributed by atoms with Gasteiger partial charge < -0.3 is 0 Å². The van der Waals surface area contributed by atoms with Crippen LogP contribution in [0.2, 0.25) is 0 Å². The number of Topliss-reactive ketones (excluding diaryl/α,β-unsaturated/α-hetero) is 1. The van der Waals surface area contributed by atoms with Crippen LogP contribution in [0, 0.1) is 5.92 Å². The van der Waals surface area contributed by atoms with Crippen LogP contribution in [0.4, 0.5) is 0 Å². The Kier molecular flexibility index (Phi) is 3.49. The van der Waals surface area contributed by atoms with Crippen LogP contribution in [-0.4, -0.2) is 5.78 Å². The molecule has 96 valence electrons. The third kappa shape index (κ3) is 2.36. The Morgan fingerprint density at radius 2 is 1.83 bits per heavy atom. The van der Waals surface area contributed by atoms with E-state index in [9.17, 15) is 4.79 Å². The molecule has 0 aliphatic heterocycles. The summed E-state index contributed by atoms with van der Waals surface area (Å²) >= 11 is 0. The van der Waals surface area contributed by atoms with Crippen molar-refractivity contribution in [1.29, 1.82) is 0 Å². The molecule has 1 aromatic carbocycles. The molecule has 0 bridgehead atoms. The van der Waals surface area contributed by atoms with Gasteiger partial charge in [0.1, 0.15) is 5.78 Å². The fourth-order valence-corrected chi connectivity index (χ4v) is 3.73. The summed E-state index contributed by atoms with van der Waals surface area (Å²) in [5.41, 5.74) is 2.74. The Balaban J connectivity index is 1.74. The predicted molar refractivity (Wildman–Crippen MR) is 73.7 cm³/mol. The molecule has 2 aliphatic carbocycles. The molecule has 0 aromatic heterocycles. The summed E-state index contributed by atoms with van der Waals surface area (Å²) in [4.78, 5) is 12.5. The summed E-state index contributed by atoms with van der Waals surface area (Å²) in [6.45, 7) is 0. The lowest BCUT2D eigenvalue weighted by atomic mass is 9.78. The van der Waals surface area contributed by atoms with Gasteiger partial charge in [-0.3, -0.25) is 4.79 Å². The van der Waals surface area contributed by atoms with E-state index in [4.69, 9.17) is 0 Å². The van der Waals surface area contributed by atoms with Gasteiger partial charge in [-0.2, -0.15) is 0 Å². The van der Waals surface area contributed by atoms with Crippen LogP contribution in [0.3, 0.4) is 0 Å². The Hall–Kier alpha value is -1.11. The van der Waals surface area contributed by atoms with Gasteiger partial charge in [-0.05, 0) is 36.3 Å². The van der Waals surface area contributed by atoms with Gasteiger partial charge in [0.25, 0.3) is 0 Å². The maximum absolute atomic E-state index is 12.5. The third-order valence-corrected chi connectivity index (χ3v) is 4.72. The van der Waals surface area contributed by atoms with Crippen molar-refractivity contribution in [2.24, 2.45) is 5.92 Å². The molecule has 1 fully saturated rings. The third-order valence-electron chi connectivity index (χ3n) is 4.72. The first-order valence-electron chi connectivity index (χ1n) is 7.45. The number of fused-ring (bicyclic) bond motifs is 1. The van der Waals surface area contributed by atoms with Gasteiger partial charge in [0.05, 0.1) is 0 Å². The van der Waals surface area contributed by atoms with E-state index < -0.39 is 0 Å². The van der Waals surface area contributed by atoms with Crippen LogP contribution in [0.15, 0.2) is 24.3 Å². The van der Waals surface area contributed by atoms with E-state index in [-0.39, 0.29) is 5.92 Å². The average Bonchev–Trinajstić information content (AvgIpc) is 2.91. The van der Waals surface area contributed by atoms with Crippen LogP contribution in [-0.2, 0) is 11.2 Å². The van der Waals surface area contributed by atoms with Crippen LogP contribution < -0.4 is 0 Å². The highest BCUT2D eigenvalue weighted by Crippen LogP contribution is 2.36. The molecule has 0 amide bonds.